The third-order valence-corrected chi connectivity index (χ3v) is 3.65. The minimum Gasteiger partial charge on any atom is -0.384 e. The lowest BCUT2D eigenvalue weighted by Gasteiger charge is -2.27. The van der Waals surface area contributed by atoms with E-state index < -0.39 is 0 Å². The summed E-state index contributed by atoms with van der Waals surface area (Å²) in [6, 6.07) is 2.26. The lowest BCUT2D eigenvalue weighted by atomic mass is 9.96. The monoisotopic (exact) mass is 268 g/mol. The quantitative estimate of drug-likeness (QED) is 0.909. The highest BCUT2D eigenvalue weighted by molar-refractivity contribution is 7.98. The molecule has 0 radical (unpaired) electrons. The Kier molecular flexibility index (Phi) is 4.85. The van der Waals surface area contributed by atoms with E-state index in [1.807, 2.05) is 17.8 Å². The minimum atomic E-state index is -0.0896. The lowest BCUT2D eigenvalue weighted by Crippen LogP contribution is -2.32. The summed E-state index contributed by atoms with van der Waals surface area (Å²) in [7, 11) is 2.05. The number of hydrogen-bond acceptors (Lipinski definition) is 5. The molecule has 0 aliphatic rings. The first kappa shape index (κ1) is 15.1. The molecule has 1 aromatic heterocycles. The van der Waals surface area contributed by atoms with Crippen molar-refractivity contribution in [1.29, 1.82) is 0 Å². The number of thioether (sulfide) groups is 1. The summed E-state index contributed by atoms with van der Waals surface area (Å²) in [5.41, 5.74) is 5.80. The van der Waals surface area contributed by atoms with E-state index in [1.54, 1.807) is 0 Å². The van der Waals surface area contributed by atoms with Crippen LogP contribution in [0.2, 0.25) is 0 Å². The molecule has 1 unspecified atom stereocenters. The zero-order valence-electron chi connectivity index (χ0n) is 12.2. The third kappa shape index (κ3) is 3.77. The molecule has 0 fully saturated rings. The summed E-state index contributed by atoms with van der Waals surface area (Å²) in [6.07, 6.45) is 2.11. The number of rotatable bonds is 4. The van der Waals surface area contributed by atoms with Gasteiger partial charge in [0.25, 0.3) is 0 Å². The Bertz CT molecular complexity index is 400. The van der Waals surface area contributed by atoms with Crippen LogP contribution < -0.4 is 10.6 Å². The number of hydrogen-bond donors (Lipinski definition) is 1. The minimum absolute atomic E-state index is 0.0896. The van der Waals surface area contributed by atoms with Crippen molar-refractivity contribution in [3.8, 4) is 0 Å². The van der Waals surface area contributed by atoms with Crippen LogP contribution in [0.5, 0.6) is 0 Å². The van der Waals surface area contributed by atoms with E-state index in [1.165, 1.54) is 0 Å². The van der Waals surface area contributed by atoms with Crippen LogP contribution in [0.1, 0.15) is 33.5 Å². The SMILES string of the molecule is CSCC(C)N(C)c1cc(N)nc(C(C)(C)C)n1. The molecule has 4 nitrogen and oxygen atoms in total. The molecule has 18 heavy (non-hydrogen) atoms. The summed E-state index contributed by atoms with van der Waals surface area (Å²) in [5.74, 6) is 3.29. The molecular weight excluding hydrogens is 244 g/mol. The van der Waals surface area contributed by atoms with Crippen LogP contribution in [0.15, 0.2) is 6.07 Å². The van der Waals surface area contributed by atoms with Gasteiger partial charge in [-0.15, -0.1) is 0 Å². The average Bonchev–Trinajstić information content (AvgIpc) is 2.26. The van der Waals surface area contributed by atoms with Crippen molar-refractivity contribution in [2.24, 2.45) is 0 Å². The Morgan fingerprint density at radius 2 is 2.00 bits per heavy atom. The van der Waals surface area contributed by atoms with Gasteiger partial charge in [0.2, 0.25) is 0 Å². The first-order valence-corrected chi connectivity index (χ1v) is 7.52. The van der Waals surface area contributed by atoms with Gasteiger partial charge < -0.3 is 10.6 Å². The topological polar surface area (TPSA) is 55.0 Å². The van der Waals surface area contributed by atoms with Crippen LogP contribution >= 0.6 is 11.8 Å². The summed E-state index contributed by atoms with van der Waals surface area (Å²) in [4.78, 5) is 11.1. The first-order chi connectivity index (χ1) is 8.25. The molecule has 0 bridgehead atoms. The number of nitrogens with two attached hydrogens (primary N) is 1. The van der Waals surface area contributed by atoms with Gasteiger partial charge in [-0.25, -0.2) is 9.97 Å². The summed E-state index contributed by atoms with van der Waals surface area (Å²) in [5, 5.41) is 0. The molecule has 0 aliphatic carbocycles. The molecule has 0 saturated carbocycles. The van der Waals surface area contributed by atoms with E-state index >= 15 is 0 Å². The van der Waals surface area contributed by atoms with Crippen LogP contribution in [0.25, 0.3) is 0 Å². The largest absolute Gasteiger partial charge is 0.384 e. The maximum Gasteiger partial charge on any atom is 0.138 e. The van der Waals surface area contributed by atoms with Gasteiger partial charge in [0.1, 0.15) is 17.5 Å². The number of aromatic nitrogens is 2. The summed E-state index contributed by atoms with van der Waals surface area (Å²) >= 11 is 1.83. The Labute approximate surface area is 114 Å². The molecule has 0 amide bonds. The van der Waals surface area contributed by atoms with E-state index in [4.69, 9.17) is 5.73 Å². The smallest absolute Gasteiger partial charge is 0.138 e. The lowest BCUT2D eigenvalue weighted by molar-refractivity contribution is 0.544. The van der Waals surface area contributed by atoms with Crippen LogP contribution in [0.4, 0.5) is 11.6 Å². The normalized spacial score (nSPS) is 13.4. The highest BCUT2D eigenvalue weighted by Gasteiger charge is 2.20. The molecular formula is C13H24N4S. The van der Waals surface area contributed by atoms with E-state index in [9.17, 15) is 0 Å². The molecule has 1 aromatic rings. The van der Waals surface area contributed by atoms with Gasteiger partial charge in [0.15, 0.2) is 0 Å². The fraction of sp³-hybridized carbons (Fsp3) is 0.692. The van der Waals surface area contributed by atoms with Crippen molar-refractivity contribution >= 4 is 23.4 Å². The van der Waals surface area contributed by atoms with Gasteiger partial charge >= 0.3 is 0 Å². The Hall–Kier alpha value is -0.970. The van der Waals surface area contributed by atoms with Crippen molar-refractivity contribution < 1.29 is 0 Å². The molecule has 0 spiro atoms. The van der Waals surface area contributed by atoms with Crippen molar-refractivity contribution in [2.75, 3.05) is 29.7 Å². The zero-order valence-corrected chi connectivity index (χ0v) is 13.0. The molecule has 1 rings (SSSR count). The van der Waals surface area contributed by atoms with E-state index in [2.05, 4.69) is 55.9 Å². The van der Waals surface area contributed by atoms with Gasteiger partial charge in [-0.3, -0.25) is 0 Å². The molecule has 0 aromatic carbocycles. The van der Waals surface area contributed by atoms with Crippen LogP contribution in [0, 0.1) is 0 Å². The van der Waals surface area contributed by atoms with Crippen molar-refractivity contribution in [2.45, 2.75) is 39.2 Å². The van der Waals surface area contributed by atoms with Crippen LogP contribution in [-0.2, 0) is 5.41 Å². The predicted octanol–water partition coefficient (Wildman–Crippen LogP) is 2.54. The fourth-order valence-electron chi connectivity index (χ4n) is 1.55. The second-order valence-electron chi connectivity index (χ2n) is 5.64. The Balaban J connectivity index is 3.06. The van der Waals surface area contributed by atoms with Gasteiger partial charge in [0, 0.05) is 30.3 Å². The summed E-state index contributed by atoms with van der Waals surface area (Å²) < 4.78 is 0. The van der Waals surface area contributed by atoms with Gasteiger partial charge in [-0.2, -0.15) is 11.8 Å². The number of anilines is 2. The van der Waals surface area contributed by atoms with E-state index in [0.717, 1.165) is 17.4 Å². The van der Waals surface area contributed by atoms with Crippen molar-refractivity contribution in [3.05, 3.63) is 11.9 Å². The third-order valence-electron chi connectivity index (χ3n) is 2.83. The second-order valence-corrected chi connectivity index (χ2v) is 6.55. The van der Waals surface area contributed by atoms with E-state index in [0.29, 0.717) is 11.9 Å². The molecule has 5 heteroatoms. The average molecular weight is 268 g/mol. The zero-order chi connectivity index (χ0) is 13.9. The number of nitrogen functional groups attached to an aromatic ring is 1. The maximum atomic E-state index is 5.89. The molecule has 0 saturated heterocycles. The molecule has 1 heterocycles. The Morgan fingerprint density at radius 1 is 1.39 bits per heavy atom. The number of nitrogens with zero attached hydrogens (tertiary/aromatic N) is 3. The van der Waals surface area contributed by atoms with Gasteiger partial charge in [-0.05, 0) is 13.2 Å². The molecule has 2 N–H and O–H groups in total. The molecule has 1 atom stereocenters. The van der Waals surface area contributed by atoms with Gasteiger partial charge in [-0.1, -0.05) is 20.8 Å². The van der Waals surface area contributed by atoms with Crippen molar-refractivity contribution in [3.63, 3.8) is 0 Å². The predicted molar refractivity (Wildman–Crippen MR) is 81.4 cm³/mol. The van der Waals surface area contributed by atoms with Crippen molar-refractivity contribution in [1.82, 2.24) is 9.97 Å². The fourth-order valence-corrected chi connectivity index (χ4v) is 2.25. The van der Waals surface area contributed by atoms with E-state index in [-0.39, 0.29) is 5.41 Å². The standard InChI is InChI=1S/C13H24N4S/c1-9(8-18-6)17(5)11-7-10(14)15-12(16-11)13(2,3)4/h7,9H,8H2,1-6H3,(H2,14,15,16). The van der Waals surface area contributed by atoms with Crippen LogP contribution in [0.3, 0.4) is 0 Å². The maximum absolute atomic E-state index is 5.89. The first-order valence-electron chi connectivity index (χ1n) is 6.12. The van der Waals surface area contributed by atoms with Gasteiger partial charge in [0.05, 0.1) is 0 Å². The highest BCUT2D eigenvalue weighted by atomic mass is 32.2. The molecule has 0 aliphatic heterocycles. The highest BCUT2D eigenvalue weighted by Crippen LogP contribution is 2.23. The second kappa shape index (κ2) is 5.78. The molecule has 102 valence electrons. The Morgan fingerprint density at radius 3 is 2.50 bits per heavy atom. The summed E-state index contributed by atoms with van der Waals surface area (Å²) in [6.45, 7) is 8.47. The van der Waals surface area contributed by atoms with Crippen LogP contribution in [-0.4, -0.2) is 35.1 Å².